The van der Waals surface area contributed by atoms with E-state index in [1.54, 1.807) is 6.07 Å². The van der Waals surface area contributed by atoms with Crippen molar-refractivity contribution in [2.24, 2.45) is 0 Å². The number of nitrogens with one attached hydrogen (secondary N) is 2. The van der Waals surface area contributed by atoms with Gasteiger partial charge in [0.25, 0.3) is 5.91 Å². The van der Waals surface area contributed by atoms with Crippen molar-refractivity contribution >= 4 is 17.4 Å². The van der Waals surface area contributed by atoms with E-state index in [-0.39, 0.29) is 5.91 Å². The van der Waals surface area contributed by atoms with Crippen molar-refractivity contribution in [1.82, 2.24) is 15.3 Å². The molecule has 1 aromatic heterocycles. The molecule has 0 unspecified atom stereocenters. The fourth-order valence-electron chi connectivity index (χ4n) is 3.07. The molecular formula is C25H22N4O. The lowest BCUT2D eigenvalue weighted by Crippen LogP contribution is -2.22. The van der Waals surface area contributed by atoms with Gasteiger partial charge in [-0.25, -0.2) is 9.97 Å². The lowest BCUT2D eigenvalue weighted by molar-refractivity contribution is 0.0951. The molecule has 148 valence electrons. The second-order valence-corrected chi connectivity index (χ2v) is 7.03. The molecule has 1 amide bonds. The molecule has 0 aliphatic carbocycles. The van der Waals surface area contributed by atoms with Crippen molar-refractivity contribution < 1.29 is 4.79 Å². The first-order valence-corrected chi connectivity index (χ1v) is 9.76. The van der Waals surface area contributed by atoms with Crippen LogP contribution >= 0.6 is 0 Å². The molecule has 0 aliphatic heterocycles. The number of nitrogens with zero attached hydrogens (tertiary/aromatic N) is 2. The molecule has 0 saturated carbocycles. The Balaban J connectivity index is 1.44. The van der Waals surface area contributed by atoms with Crippen LogP contribution in [0.3, 0.4) is 0 Å². The van der Waals surface area contributed by atoms with E-state index in [1.807, 2.05) is 85.8 Å². The zero-order valence-corrected chi connectivity index (χ0v) is 16.7. The van der Waals surface area contributed by atoms with Crippen molar-refractivity contribution in [3.8, 4) is 11.3 Å². The van der Waals surface area contributed by atoms with Gasteiger partial charge in [0.1, 0.15) is 12.1 Å². The molecule has 2 N–H and O–H groups in total. The van der Waals surface area contributed by atoms with Gasteiger partial charge in [-0.3, -0.25) is 4.79 Å². The van der Waals surface area contributed by atoms with Crippen LogP contribution in [-0.2, 0) is 6.54 Å². The Hall–Kier alpha value is -3.99. The molecule has 0 saturated heterocycles. The molecule has 0 spiro atoms. The third kappa shape index (κ3) is 4.89. The molecule has 5 nitrogen and oxygen atoms in total. The van der Waals surface area contributed by atoms with Crippen LogP contribution in [0.4, 0.5) is 11.5 Å². The number of carbonyl (C=O) groups excluding carboxylic acids is 1. The zero-order chi connectivity index (χ0) is 20.8. The number of aromatic nitrogens is 2. The van der Waals surface area contributed by atoms with Gasteiger partial charge < -0.3 is 10.6 Å². The van der Waals surface area contributed by atoms with Gasteiger partial charge in [-0.1, -0.05) is 66.2 Å². The van der Waals surface area contributed by atoms with E-state index in [9.17, 15) is 4.79 Å². The van der Waals surface area contributed by atoms with Gasteiger partial charge in [0.15, 0.2) is 0 Å². The quantitative estimate of drug-likeness (QED) is 0.476. The Morgan fingerprint density at radius 2 is 1.67 bits per heavy atom. The number of benzene rings is 3. The largest absolute Gasteiger partial charge is 0.348 e. The standard InChI is InChI=1S/C25H22N4O/c1-18-10-12-19(13-11-18)16-26-25(30)21-8-5-9-22(14-21)29-24-15-23(27-17-28-24)20-6-3-2-4-7-20/h2-15,17H,16H2,1H3,(H,26,30)(H,27,28,29). The molecular weight excluding hydrogens is 372 g/mol. The van der Waals surface area contributed by atoms with Crippen LogP contribution in [0.5, 0.6) is 0 Å². The minimum atomic E-state index is -0.119. The number of hydrogen-bond donors (Lipinski definition) is 2. The lowest BCUT2D eigenvalue weighted by atomic mass is 10.1. The van der Waals surface area contributed by atoms with Crippen LogP contribution in [0.1, 0.15) is 21.5 Å². The van der Waals surface area contributed by atoms with Crippen LogP contribution in [0.15, 0.2) is 91.3 Å². The van der Waals surface area contributed by atoms with Crippen molar-refractivity contribution in [2.75, 3.05) is 5.32 Å². The summed E-state index contributed by atoms with van der Waals surface area (Å²) < 4.78 is 0. The SMILES string of the molecule is Cc1ccc(CNC(=O)c2cccc(Nc3cc(-c4ccccc4)ncn3)c2)cc1. The van der Waals surface area contributed by atoms with E-state index in [0.717, 1.165) is 22.5 Å². The summed E-state index contributed by atoms with van der Waals surface area (Å²) in [7, 11) is 0. The van der Waals surface area contributed by atoms with Crippen LogP contribution in [-0.4, -0.2) is 15.9 Å². The topological polar surface area (TPSA) is 66.9 Å². The van der Waals surface area contributed by atoms with Crippen molar-refractivity contribution in [3.05, 3.63) is 108 Å². The van der Waals surface area contributed by atoms with Gasteiger partial charge in [0.05, 0.1) is 5.69 Å². The maximum Gasteiger partial charge on any atom is 0.251 e. The van der Waals surface area contributed by atoms with E-state index < -0.39 is 0 Å². The van der Waals surface area contributed by atoms with Crippen LogP contribution in [0.2, 0.25) is 0 Å². The average molecular weight is 394 g/mol. The lowest BCUT2D eigenvalue weighted by Gasteiger charge is -2.10. The predicted molar refractivity (Wildman–Crippen MR) is 120 cm³/mol. The number of carbonyl (C=O) groups is 1. The Bertz CT molecular complexity index is 1140. The monoisotopic (exact) mass is 394 g/mol. The van der Waals surface area contributed by atoms with E-state index in [1.165, 1.54) is 11.9 Å². The molecule has 5 heteroatoms. The van der Waals surface area contributed by atoms with Gasteiger partial charge in [-0.05, 0) is 30.7 Å². The Labute approximate surface area is 175 Å². The van der Waals surface area contributed by atoms with Crippen LogP contribution in [0, 0.1) is 6.92 Å². The molecule has 4 aromatic rings. The fraction of sp³-hybridized carbons (Fsp3) is 0.0800. The molecule has 1 heterocycles. The molecule has 0 radical (unpaired) electrons. The van der Waals surface area contributed by atoms with Gasteiger partial charge in [-0.15, -0.1) is 0 Å². The minimum absolute atomic E-state index is 0.119. The summed E-state index contributed by atoms with van der Waals surface area (Å²) >= 11 is 0. The summed E-state index contributed by atoms with van der Waals surface area (Å²) in [6.07, 6.45) is 1.53. The summed E-state index contributed by atoms with van der Waals surface area (Å²) in [5.74, 6) is 0.549. The van der Waals surface area contributed by atoms with Gasteiger partial charge in [0.2, 0.25) is 0 Å². The molecule has 0 aliphatic rings. The second-order valence-electron chi connectivity index (χ2n) is 7.03. The number of aryl methyl sites for hydroxylation is 1. The first-order chi connectivity index (χ1) is 14.7. The zero-order valence-electron chi connectivity index (χ0n) is 16.7. The van der Waals surface area contributed by atoms with Gasteiger partial charge in [0, 0.05) is 29.4 Å². The number of rotatable bonds is 6. The summed E-state index contributed by atoms with van der Waals surface area (Å²) in [6.45, 7) is 2.53. The Morgan fingerprint density at radius 1 is 0.867 bits per heavy atom. The van der Waals surface area contributed by atoms with Crippen LogP contribution in [0.25, 0.3) is 11.3 Å². The molecule has 4 rings (SSSR count). The smallest absolute Gasteiger partial charge is 0.251 e. The molecule has 3 aromatic carbocycles. The van der Waals surface area contributed by atoms with E-state index in [4.69, 9.17) is 0 Å². The summed E-state index contributed by atoms with van der Waals surface area (Å²) in [5.41, 5.74) is 5.49. The van der Waals surface area contributed by atoms with Crippen molar-refractivity contribution in [1.29, 1.82) is 0 Å². The Kier molecular flexibility index (Phi) is 5.80. The maximum absolute atomic E-state index is 12.6. The molecule has 0 atom stereocenters. The Morgan fingerprint density at radius 3 is 2.47 bits per heavy atom. The molecule has 30 heavy (non-hydrogen) atoms. The average Bonchev–Trinajstić information content (AvgIpc) is 2.79. The third-order valence-electron chi connectivity index (χ3n) is 4.71. The summed E-state index contributed by atoms with van der Waals surface area (Å²) in [5, 5.41) is 6.22. The third-order valence-corrected chi connectivity index (χ3v) is 4.71. The van der Waals surface area contributed by atoms with E-state index in [0.29, 0.717) is 17.9 Å². The summed E-state index contributed by atoms with van der Waals surface area (Å²) in [6, 6.07) is 27.3. The summed E-state index contributed by atoms with van der Waals surface area (Å²) in [4.78, 5) is 21.2. The fourth-order valence-corrected chi connectivity index (χ4v) is 3.07. The minimum Gasteiger partial charge on any atom is -0.348 e. The highest BCUT2D eigenvalue weighted by molar-refractivity contribution is 5.95. The molecule has 0 fully saturated rings. The van der Waals surface area contributed by atoms with Gasteiger partial charge >= 0.3 is 0 Å². The number of anilines is 2. The number of amides is 1. The van der Waals surface area contributed by atoms with E-state index >= 15 is 0 Å². The number of hydrogen-bond acceptors (Lipinski definition) is 4. The van der Waals surface area contributed by atoms with Crippen molar-refractivity contribution in [2.45, 2.75) is 13.5 Å². The maximum atomic E-state index is 12.6. The first kappa shape index (κ1) is 19.3. The van der Waals surface area contributed by atoms with Gasteiger partial charge in [-0.2, -0.15) is 0 Å². The van der Waals surface area contributed by atoms with E-state index in [2.05, 4.69) is 20.6 Å². The highest BCUT2D eigenvalue weighted by Gasteiger charge is 2.07. The molecule has 0 bridgehead atoms. The predicted octanol–water partition coefficient (Wildman–Crippen LogP) is 5.13. The second kappa shape index (κ2) is 9.01. The first-order valence-electron chi connectivity index (χ1n) is 9.76. The highest BCUT2D eigenvalue weighted by atomic mass is 16.1. The highest BCUT2D eigenvalue weighted by Crippen LogP contribution is 2.21. The normalized spacial score (nSPS) is 10.4. The van der Waals surface area contributed by atoms with Crippen molar-refractivity contribution in [3.63, 3.8) is 0 Å². The van der Waals surface area contributed by atoms with Crippen LogP contribution < -0.4 is 10.6 Å².